The van der Waals surface area contributed by atoms with Crippen molar-refractivity contribution in [2.24, 2.45) is 5.92 Å². The van der Waals surface area contributed by atoms with E-state index >= 15 is 0 Å². The van der Waals surface area contributed by atoms with Crippen molar-refractivity contribution < 1.29 is 23.7 Å². The van der Waals surface area contributed by atoms with Gasteiger partial charge in [0.1, 0.15) is 5.75 Å². The number of rotatable bonds is 9. The second-order valence-corrected chi connectivity index (χ2v) is 6.69. The summed E-state index contributed by atoms with van der Waals surface area (Å²) in [6.45, 7) is 6.28. The van der Waals surface area contributed by atoms with Crippen LogP contribution in [0, 0.1) is 5.92 Å². The number of Topliss-reactive ketones (excluding diaryl/α,β-unsaturated/α-hetero) is 1. The molecule has 6 nitrogen and oxygen atoms in total. The van der Waals surface area contributed by atoms with Gasteiger partial charge in [-0.25, -0.2) is 0 Å². The second kappa shape index (κ2) is 9.87. The lowest BCUT2D eigenvalue weighted by Crippen LogP contribution is -2.10. The summed E-state index contributed by atoms with van der Waals surface area (Å²) in [5.74, 6) is 1.92. The lowest BCUT2D eigenvalue weighted by Gasteiger charge is -2.16. The van der Waals surface area contributed by atoms with E-state index in [-0.39, 0.29) is 11.7 Å². The normalized spacial score (nSPS) is 11.3. The Hall–Kier alpha value is -3.15. The minimum absolute atomic E-state index is 0.0200. The summed E-state index contributed by atoms with van der Waals surface area (Å²) in [4.78, 5) is 13.3. The van der Waals surface area contributed by atoms with Crippen LogP contribution in [0.4, 0.5) is 5.69 Å². The largest absolute Gasteiger partial charge is 0.493 e. The van der Waals surface area contributed by atoms with E-state index in [0.29, 0.717) is 46.4 Å². The number of benzene rings is 2. The molecule has 0 aliphatic rings. The molecule has 0 saturated carbocycles. The fourth-order valence-corrected chi connectivity index (χ4v) is 3.02. The lowest BCUT2D eigenvalue weighted by molar-refractivity contribution is 0.102. The molecule has 0 amide bonds. The van der Waals surface area contributed by atoms with Crippen molar-refractivity contribution in [2.75, 3.05) is 33.7 Å². The zero-order valence-corrected chi connectivity index (χ0v) is 17.9. The zero-order chi connectivity index (χ0) is 21.6. The number of nitrogen functional groups attached to an aromatic ring is 1. The third-order valence-corrected chi connectivity index (χ3v) is 4.51. The molecule has 156 valence electrons. The fourth-order valence-electron chi connectivity index (χ4n) is 3.02. The van der Waals surface area contributed by atoms with Gasteiger partial charge in [-0.3, -0.25) is 4.79 Å². The first-order chi connectivity index (χ1) is 13.9. The van der Waals surface area contributed by atoms with Gasteiger partial charge in [-0.15, -0.1) is 0 Å². The van der Waals surface area contributed by atoms with Gasteiger partial charge in [-0.05, 0) is 49.2 Å². The van der Waals surface area contributed by atoms with Gasteiger partial charge >= 0.3 is 0 Å². The number of allylic oxidation sites excluding steroid dienone is 1. The van der Waals surface area contributed by atoms with Crippen LogP contribution in [0.1, 0.15) is 36.7 Å². The molecular weight excluding hydrogens is 370 g/mol. The third-order valence-electron chi connectivity index (χ3n) is 4.51. The molecule has 0 spiro atoms. The summed E-state index contributed by atoms with van der Waals surface area (Å²) in [5.41, 5.74) is 8.31. The lowest BCUT2D eigenvalue weighted by atomic mass is 9.92. The highest BCUT2D eigenvalue weighted by atomic mass is 16.5. The number of carbonyl (C=O) groups excluding carboxylic acids is 1. The Kier molecular flexibility index (Phi) is 7.53. The van der Waals surface area contributed by atoms with Crippen molar-refractivity contribution in [2.45, 2.75) is 20.8 Å². The van der Waals surface area contributed by atoms with E-state index in [1.54, 1.807) is 45.6 Å². The predicted molar refractivity (Wildman–Crippen MR) is 115 cm³/mol. The van der Waals surface area contributed by atoms with Crippen LogP contribution in [0.15, 0.2) is 35.9 Å². The Morgan fingerprint density at radius 1 is 1.00 bits per heavy atom. The maximum atomic E-state index is 13.3. The van der Waals surface area contributed by atoms with Crippen LogP contribution in [-0.4, -0.2) is 33.7 Å². The van der Waals surface area contributed by atoms with Gasteiger partial charge in [-0.2, -0.15) is 0 Å². The van der Waals surface area contributed by atoms with Crippen LogP contribution in [-0.2, 0) is 0 Å². The monoisotopic (exact) mass is 399 g/mol. The maximum absolute atomic E-state index is 13.3. The van der Waals surface area contributed by atoms with Gasteiger partial charge < -0.3 is 24.7 Å². The number of ether oxygens (including phenoxy) is 4. The van der Waals surface area contributed by atoms with E-state index < -0.39 is 0 Å². The van der Waals surface area contributed by atoms with Crippen molar-refractivity contribution in [1.82, 2.24) is 0 Å². The van der Waals surface area contributed by atoms with Gasteiger partial charge in [-0.1, -0.05) is 13.8 Å². The minimum atomic E-state index is -0.0993. The van der Waals surface area contributed by atoms with Crippen LogP contribution in [0.5, 0.6) is 23.0 Å². The molecule has 2 rings (SSSR count). The summed E-state index contributed by atoms with van der Waals surface area (Å²) in [6.07, 6.45) is 1.82. The van der Waals surface area contributed by atoms with Crippen molar-refractivity contribution >= 4 is 17.5 Å². The SMILES string of the molecule is CCOc1cc(C(=O)C(=Cc2ccc(OC)c(OC)c2OC)C(C)C)ccc1N. The van der Waals surface area contributed by atoms with Gasteiger partial charge in [0, 0.05) is 16.7 Å². The first kappa shape index (κ1) is 22.1. The average Bonchev–Trinajstić information content (AvgIpc) is 2.72. The highest BCUT2D eigenvalue weighted by Crippen LogP contribution is 2.41. The molecule has 0 heterocycles. The molecule has 6 heteroatoms. The Labute approximate surface area is 172 Å². The summed E-state index contributed by atoms with van der Waals surface area (Å²) < 4.78 is 21.9. The predicted octanol–water partition coefficient (Wildman–Crippen LogP) is 4.62. The van der Waals surface area contributed by atoms with E-state index in [0.717, 1.165) is 5.56 Å². The molecule has 0 atom stereocenters. The zero-order valence-electron chi connectivity index (χ0n) is 17.9. The van der Waals surface area contributed by atoms with Gasteiger partial charge in [0.05, 0.1) is 33.6 Å². The number of hydrogen-bond donors (Lipinski definition) is 1. The number of nitrogens with two attached hydrogens (primary N) is 1. The summed E-state index contributed by atoms with van der Waals surface area (Å²) in [6, 6.07) is 8.70. The van der Waals surface area contributed by atoms with E-state index in [1.165, 1.54) is 0 Å². The van der Waals surface area contributed by atoms with E-state index in [9.17, 15) is 4.79 Å². The average molecular weight is 399 g/mol. The van der Waals surface area contributed by atoms with E-state index in [2.05, 4.69) is 0 Å². The number of anilines is 1. The number of hydrogen-bond acceptors (Lipinski definition) is 6. The Bertz CT molecular complexity index is 902. The molecular formula is C23H29NO5. The Morgan fingerprint density at radius 2 is 1.69 bits per heavy atom. The van der Waals surface area contributed by atoms with Crippen LogP contribution in [0.25, 0.3) is 6.08 Å². The molecule has 0 radical (unpaired) electrons. The van der Waals surface area contributed by atoms with Crippen molar-refractivity contribution in [3.8, 4) is 23.0 Å². The molecule has 0 aliphatic carbocycles. The molecule has 29 heavy (non-hydrogen) atoms. The smallest absolute Gasteiger partial charge is 0.203 e. The molecule has 0 unspecified atom stereocenters. The second-order valence-electron chi connectivity index (χ2n) is 6.69. The maximum Gasteiger partial charge on any atom is 0.203 e. The van der Waals surface area contributed by atoms with Crippen molar-refractivity contribution in [1.29, 1.82) is 0 Å². The van der Waals surface area contributed by atoms with E-state index in [4.69, 9.17) is 24.7 Å². The first-order valence-corrected chi connectivity index (χ1v) is 9.45. The highest BCUT2D eigenvalue weighted by Gasteiger charge is 2.20. The quantitative estimate of drug-likeness (QED) is 0.377. The molecule has 2 N–H and O–H groups in total. The fraction of sp³-hybridized carbons (Fsp3) is 0.348. The standard InChI is InChI=1S/C23H29NO5/c1-7-29-20-13-15(8-10-18(20)24)21(25)17(14(2)3)12-16-9-11-19(26-4)23(28-6)22(16)27-5/h8-14H,7,24H2,1-6H3. The number of methoxy groups -OCH3 is 3. The minimum Gasteiger partial charge on any atom is -0.493 e. The first-order valence-electron chi connectivity index (χ1n) is 9.45. The summed E-state index contributed by atoms with van der Waals surface area (Å²) >= 11 is 0. The summed E-state index contributed by atoms with van der Waals surface area (Å²) in [7, 11) is 4.67. The van der Waals surface area contributed by atoms with Crippen LogP contribution < -0.4 is 24.7 Å². The molecule has 0 bridgehead atoms. The molecule has 2 aromatic carbocycles. The Morgan fingerprint density at radius 3 is 2.24 bits per heavy atom. The number of ketones is 1. The van der Waals surface area contributed by atoms with Crippen molar-refractivity contribution in [3.63, 3.8) is 0 Å². The highest BCUT2D eigenvalue weighted by molar-refractivity contribution is 6.12. The van der Waals surface area contributed by atoms with Gasteiger partial charge in [0.25, 0.3) is 0 Å². The molecule has 0 aromatic heterocycles. The topological polar surface area (TPSA) is 80.0 Å². The summed E-state index contributed by atoms with van der Waals surface area (Å²) in [5, 5.41) is 0. The van der Waals surface area contributed by atoms with Crippen LogP contribution in [0.2, 0.25) is 0 Å². The Balaban J connectivity index is 2.56. The molecule has 2 aromatic rings. The van der Waals surface area contributed by atoms with Gasteiger partial charge in [0.2, 0.25) is 5.75 Å². The molecule has 0 saturated heterocycles. The van der Waals surface area contributed by atoms with E-state index in [1.807, 2.05) is 32.9 Å². The van der Waals surface area contributed by atoms with Crippen molar-refractivity contribution in [3.05, 3.63) is 47.0 Å². The van der Waals surface area contributed by atoms with Crippen LogP contribution in [0.3, 0.4) is 0 Å². The molecule has 0 aliphatic heterocycles. The van der Waals surface area contributed by atoms with Crippen LogP contribution >= 0.6 is 0 Å². The van der Waals surface area contributed by atoms with Gasteiger partial charge in [0.15, 0.2) is 17.3 Å². The number of carbonyl (C=O) groups is 1. The third kappa shape index (κ3) is 4.83. The molecule has 0 fully saturated rings.